The molecule has 2 rings (SSSR count). The number of thioether (sulfide) groups is 1. The Bertz CT molecular complexity index is 971. The van der Waals surface area contributed by atoms with Crippen molar-refractivity contribution in [3.8, 4) is 11.8 Å². The van der Waals surface area contributed by atoms with Crippen molar-refractivity contribution in [3.63, 3.8) is 0 Å². The van der Waals surface area contributed by atoms with Gasteiger partial charge in [0.05, 0.1) is 43.7 Å². The summed E-state index contributed by atoms with van der Waals surface area (Å²) in [5.74, 6) is -0.683. The number of nitrogens with zero attached hydrogens (tertiary/aromatic N) is 3. The lowest BCUT2D eigenvalue weighted by atomic mass is 10.2. The third kappa shape index (κ3) is 4.26. The first kappa shape index (κ1) is 22.1. The SMILES string of the molecule is N#Cc1c(SC(F)(F)F)c(N)n(-c2c(Cl)cc(C(F)(F)F)cc2Cl)c1C=NO. The fraction of sp³-hybridized carbons (Fsp3) is 0.143. The van der Waals surface area contributed by atoms with Crippen molar-refractivity contribution in [2.24, 2.45) is 5.16 Å². The van der Waals surface area contributed by atoms with Gasteiger partial charge in [-0.05, 0) is 23.9 Å². The van der Waals surface area contributed by atoms with Crippen LogP contribution in [-0.4, -0.2) is 21.5 Å². The minimum absolute atomic E-state index is 0.422. The Kier molecular flexibility index (Phi) is 6.03. The van der Waals surface area contributed by atoms with E-state index in [2.05, 4.69) is 5.16 Å². The Morgan fingerprint density at radius 3 is 2.11 bits per heavy atom. The highest BCUT2D eigenvalue weighted by Gasteiger charge is 2.36. The highest BCUT2D eigenvalue weighted by Crippen LogP contribution is 2.46. The third-order valence-electron chi connectivity index (χ3n) is 3.28. The average Bonchev–Trinajstić information content (AvgIpc) is 2.77. The van der Waals surface area contributed by atoms with Crippen molar-refractivity contribution in [1.82, 2.24) is 4.57 Å². The second-order valence-electron chi connectivity index (χ2n) is 5.00. The first-order valence-electron chi connectivity index (χ1n) is 6.75. The average molecular weight is 463 g/mol. The first-order valence-corrected chi connectivity index (χ1v) is 8.33. The van der Waals surface area contributed by atoms with Crippen LogP contribution in [0.3, 0.4) is 0 Å². The predicted molar refractivity (Wildman–Crippen MR) is 91.2 cm³/mol. The maximum Gasteiger partial charge on any atom is 0.446 e. The molecular weight excluding hydrogens is 457 g/mol. The van der Waals surface area contributed by atoms with Gasteiger partial charge in [-0.3, -0.25) is 4.57 Å². The van der Waals surface area contributed by atoms with Crippen molar-refractivity contribution in [2.75, 3.05) is 5.73 Å². The van der Waals surface area contributed by atoms with E-state index >= 15 is 0 Å². The number of halogens is 8. The monoisotopic (exact) mass is 462 g/mol. The number of anilines is 1. The molecule has 0 amide bonds. The van der Waals surface area contributed by atoms with Crippen molar-refractivity contribution in [3.05, 3.63) is 39.0 Å². The van der Waals surface area contributed by atoms with Crippen molar-refractivity contribution in [1.29, 1.82) is 5.26 Å². The first-order chi connectivity index (χ1) is 12.8. The molecule has 1 aromatic carbocycles. The summed E-state index contributed by atoms with van der Waals surface area (Å²) in [5, 5.41) is 19.5. The fourth-order valence-electron chi connectivity index (χ4n) is 2.28. The highest BCUT2D eigenvalue weighted by molar-refractivity contribution is 8.00. The number of alkyl halides is 6. The second kappa shape index (κ2) is 7.65. The number of hydrogen-bond donors (Lipinski definition) is 2. The van der Waals surface area contributed by atoms with Crippen molar-refractivity contribution in [2.45, 2.75) is 16.6 Å². The molecule has 2 aromatic rings. The van der Waals surface area contributed by atoms with E-state index < -0.39 is 66.7 Å². The van der Waals surface area contributed by atoms with Gasteiger partial charge >= 0.3 is 11.7 Å². The van der Waals surface area contributed by atoms with Crippen LogP contribution in [0.25, 0.3) is 5.69 Å². The number of nitrogen functional groups attached to an aromatic ring is 1. The van der Waals surface area contributed by atoms with Crippen LogP contribution in [0.4, 0.5) is 32.2 Å². The molecule has 14 heteroatoms. The van der Waals surface area contributed by atoms with Crippen LogP contribution in [0, 0.1) is 11.3 Å². The molecular formula is C14H6Cl2F6N4OS. The van der Waals surface area contributed by atoms with Crippen LogP contribution < -0.4 is 5.73 Å². The van der Waals surface area contributed by atoms with E-state index in [-0.39, 0.29) is 0 Å². The molecule has 0 aliphatic heterocycles. The van der Waals surface area contributed by atoms with E-state index in [0.717, 1.165) is 0 Å². The predicted octanol–water partition coefficient (Wildman–Crippen LogP) is 5.68. The summed E-state index contributed by atoms with van der Waals surface area (Å²) in [7, 11) is 0. The van der Waals surface area contributed by atoms with Crippen LogP contribution in [0.1, 0.15) is 16.8 Å². The quantitative estimate of drug-likeness (QED) is 0.202. The molecule has 0 radical (unpaired) electrons. The van der Waals surface area contributed by atoms with Crippen molar-refractivity contribution < 1.29 is 31.5 Å². The Morgan fingerprint density at radius 2 is 1.71 bits per heavy atom. The summed E-state index contributed by atoms with van der Waals surface area (Å²) in [6, 6.07) is 2.47. The molecule has 0 fully saturated rings. The van der Waals surface area contributed by atoms with Gasteiger partial charge in [-0.1, -0.05) is 28.4 Å². The van der Waals surface area contributed by atoms with Gasteiger partial charge in [-0.2, -0.15) is 31.6 Å². The Labute approximate surface area is 166 Å². The van der Waals surface area contributed by atoms with E-state index in [1.807, 2.05) is 0 Å². The van der Waals surface area contributed by atoms with Gasteiger partial charge in [0.25, 0.3) is 0 Å². The smallest absolute Gasteiger partial charge is 0.411 e. The molecule has 1 heterocycles. The van der Waals surface area contributed by atoms with E-state index in [4.69, 9.17) is 34.1 Å². The summed E-state index contributed by atoms with van der Waals surface area (Å²) in [6.45, 7) is 0. The Balaban J connectivity index is 2.88. The second-order valence-corrected chi connectivity index (χ2v) is 6.89. The van der Waals surface area contributed by atoms with Gasteiger partial charge in [-0.25, -0.2) is 0 Å². The number of rotatable bonds is 3. The molecule has 0 aliphatic carbocycles. The molecule has 0 unspecified atom stereocenters. The molecule has 0 aliphatic rings. The summed E-state index contributed by atoms with van der Waals surface area (Å²) in [6.07, 6.45) is -4.21. The van der Waals surface area contributed by atoms with E-state index in [1.54, 1.807) is 0 Å². The maximum absolute atomic E-state index is 12.9. The lowest BCUT2D eigenvalue weighted by molar-refractivity contribution is -0.137. The number of oxime groups is 1. The number of nitrogens with two attached hydrogens (primary N) is 1. The zero-order valence-electron chi connectivity index (χ0n) is 13.0. The Morgan fingerprint density at radius 1 is 1.18 bits per heavy atom. The summed E-state index contributed by atoms with van der Waals surface area (Å²) in [4.78, 5) is -0.753. The molecule has 0 bridgehead atoms. The van der Waals surface area contributed by atoms with Gasteiger partial charge in [-0.15, -0.1) is 0 Å². The lowest BCUT2D eigenvalue weighted by Crippen LogP contribution is -2.10. The minimum Gasteiger partial charge on any atom is -0.411 e. The number of hydrogen-bond acceptors (Lipinski definition) is 5. The molecule has 28 heavy (non-hydrogen) atoms. The van der Waals surface area contributed by atoms with Gasteiger partial charge in [0.1, 0.15) is 11.9 Å². The molecule has 0 saturated carbocycles. The third-order valence-corrected chi connectivity index (χ3v) is 4.70. The molecule has 5 nitrogen and oxygen atoms in total. The summed E-state index contributed by atoms with van der Waals surface area (Å²) in [5.41, 5.74) is -1.85. The largest absolute Gasteiger partial charge is 0.446 e. The molecule has 1 aromatic heterocycles. The minimum atomic E-state index is -4.84. The van der Waals surface area contributed by atoms with Gasteiger partial charge < -0.3 is 10.9 Å². The molecule has 3 N–H and O–H groups in total. The van der Waals surface area contributed by atoms with Crippen LogP contribution in [0.15, 0.2) is 22.2 Å². The van der Waals surface area contributed by atoms with E-state index in [9.17, 15) is 31.6 Å². The maximum atomic E-state index is 12.9. The van der Waals surface area contributed by atoms with Crippen molar-refractivity contribution >= 4 is 47.0 Å². The number of benzene rings is 1. The normalized spacial score (nSPS) is 12.5. The topological polar surface area (TPSA) is 87.3 Å². The highest BCUT2D eigenvalue weighted by atomic mass is 35.5. The lowest BCUT2D eigenvalue weighted by Gasteiger charge is -2.16. The molecule has 0 atom stereocenters. The number of nitriles is 1. The Hall–Kier alpha value is -2.23. The van der Waals surface area contributed by atoms with Gasteiger partial charge in [0.15, 0.2) is 0 Å². The summed E-state index contributed by atoms with van der Waals surface area (Å²) < 4.78 is 77.9. The van der Waals surface area contributed by atoms with Crippen LogP contribution in [0.5, 0.6) is 0 Å². The van der Waals surface area contributed by atoms with Crippen LogP contribution in [0.2, 0.25) is 10.0 Å². The number of aromatic nitrogens is 1. The summed E-state index contributed by atoms with van der Waals surface area (Å²) >= 11 is 11.0. The standard InChI is InChI=1S/C14H6Cl2F6N4OS/c15-7-1-5(13(17,18)19)2-8(16)10(7)26-9(4-25-27)6(3-23)11(12(26)24)28-14(20,21)22/h1-2,4,27H,24H2. The van der Waals surface area contributed by atoms with E-state index in [1.165, 1.54) is 6.07 Å². The van der Waals surface area contributed by atoms with Crippen LogP contribution in [-0.2, 0) is 6.18 Å². The van der Waals surface area contributed by atoms with Gasteiger partial charge in [0, 0.05) is 0 Å². The molecule has 0 saturated heterocycles. The van der Waals surface area contributed by atoms with E-state index in [0.29, 0.717) is 22.9 Å². The zero-order valence-corrected chi connectivity index (χ0v) is 15.4. The van der Waals surface area contributed by atoms with Gasteiger partial charge in [0.2, 0.25) is 0 Å². The van der Waals surface area contributed by atoms with Crippen LogP contribution >= 0.6 is 35.0 Å². The molecule has 150 valence electrons. The zero-order chi connectivity index (χ0) is 21.4. The fourth-order valence-corrected chi connectivity index (χ4v) is 3.61. The molecule has 0 spiro atoms.